The van der Waals surface area contributed by atoms with E-state index in [-0.39, 0.29) is 5.82 Å². The van der Waals surface area contributed by atoms with E-state index < -0.39 is 0 Å². The zero-order valence-electron chi connectivity index (χ0n) is 17.3. The molecular weight excluding hydrogens is 375 g/mol. The van der Waals surface area contributed by atoms with Crippen molar-refractivity contribution in [2.24, 2.45) is 0 Å². The van der Waals surface area contributed by atoms with E-state index in [1.165, 1.54) is 35.3 Å². The first kappa shape index (κ1) is 19.2. The third-order valence-electron chi connectivity index (χ3n) is 6.19. The van der Waals surface area contributed by atoms with Crippen molar-refractivity contribution in [2.45, 2.75) is 25.8 Å². The Kier molecular flexibility index (Phi) is 5.23. The van der Waals surface area contributed by atoms with Crippen LogP contribution in [0.25, 0.3) is 16.6 Å². The van der Waals surface area contributed by atoms with Crippen LogP contribution in [0.3, 0.4) is 0 Å². The van der Waals surface area contributed by atoms with Crippen molar-refractivity contribution in [1.82, 2.24) is 20.0 Å². The van der Waals surface area contributed by atoms with Crippen molar-refractivity contribution < 1.29 is 4.39 Å². The number of hydrogen-bond acceptors (Lipinski definition) is 3. The maximum absolute atomic E-state index is 13.3. The van der Waals surface area contributed by atoms with Crippen LogP contribution in [0.15, 0.2) is 66.4 Å². The molecule has 0 spiro atoms. The van der Waals surface area contributed by atoms with E-state index in [2.05, 4.69) is 52.6 Å². The second-order valence-electron chi connectivity index (χ2n) is 8.33. The van der Waals surface area contributed by atoms with Crippen LogP contribution in [-0.2, 0) is 0 Å². The molecule has 2 aromatic carbocycles. The van der Waals surface area contributed by atoms with Crippen LogP contribution in [0, 0.1) is 12.7 Å². The number of benzene rings is 2. The molecule has 2 aliphatic rings. The SMILES string of the molecule is Cc1cc2c(cnn2-c2ccc(F)cc2)cc1C1CN(CC2=CC=CCC2)CCN1. The molecule has 0 radical (unpaired) electrons. The third-order valence-corrected chi connectivity index (χ3v) is 6.19. The highest BCUT2D eigenvalue weighted by atomic mass is 19.1. The molecule has 1 aliphatic carbocycles. The summed E-state index contributed by atoms with van der Waals surface area (Å²) in [6.07, 6.45) is 11.0. The lowest BCUT2D eigenvalue weighted by molar-refractivity contribution is 0.213. The van der Waals surface area contributed by atoms with Crippen molar-refractivity contribution in [2.75, 3.05) is 26.2 Å². The summed E-state index contributed by atoms with van der Waals surface area (Å²) in [5, 5.41) is 9.38. The van der Waals surface area contributed by atoms with Gasteiger partial charge < -0.3 is 5.32 Å². The van der Waals surface area contributed by atoms with Gasteiger partial charge in [-0.1, -0.05) is 23.8 Å². The smallest absolute Gasteiger partial charge is 0.123 e. The van der Waals surface area contributed by atoms with Gasteiger partial charge in [0.05, 0.1) is 17.4 Å². The normalized spacial score (nSPS) is 19.9. The molecule has 1 aromatic heterocycles. The monoisotopic (exact) mass is 402 g/mol. The Morgan fingerprint density at radius 2 is 2.07 bits per heavy atom. The topological polar surface area (TPSA) is 33.1 Å². The van der Waals surface area contributed by atoms with Gasteiger partial charge in [0.2, 0.25) is 0 Å². The second kappa shape index (κ2) is 8.17. The number of allylic oxidation sites excluding steroid dienone is 3. The van der Waals surface area contributed by atoms with Gasteiger partial charge in [-0.05, 0) is 67.3 Å². The van der Waals surface area contributed by atoms with E-state index in [4.69, 9.17) is 0 Å². The van der Waals surface area contributed by atoms with Gasteiger partial charge in [-0.25, -0.2) is 9.07 Å². The van der Waals surface area contributed by atoms with E-state index in [1.807, 2.05) is 10.9 Å². The quantitative estimate of drug-likeness (QED) is 0.687. The van der Waals surface area contributed by atoms with Crippen LogP contribution >= 0.6 is 0 Å². The first-order valence-electron chi connectivity index (χ1n) is 10.7. The summed E-state index contributed by atoms with van der Waals surface area (Å²) in [5.41, 5.74) is 6.05. The van der Waals surface area contributed by atoms with Crippen molar-refractivity contribution in [3.63, 3.8) is 0 Å². The molecule has 1 atom stereocenters. The molecule has 30 heavy (non-hydrogen) atoms. The molecular formula is C25H27FN4. The molecule has 0 bridgehead atoms. The molecule has 1 saturated heterocycles. The highest BCUT2D eigenvalue weighted by Crippen LogP contribution is 2.28. The molecule has 1 fully saturated rings. The lowest BCUT2D eigenvalue weighted by Gasteiger charge is -2.35. The predicted molar refractivity (Wildman–Crippen MR) is 119 cm³/mol. The minimum absolute atomic E-state index is 0.235. The number of nitrogens with one attached hydrogen (secondary N) is 1. The van der Waals surface area contributed by atoms with Crippen LogP contribution in [-0.4, -0.2) is 40.9 Å². The average Bonchev–Trinajstić information content (AvgIpc) is 3.17. The van der Waals surface area contributed by atoms with Crippen molar-refractivity contribution in [3.8, 4) is 5.69 Å². The summed E-state index contributed by atoms with van der Waals surface area (Å²) in [7, 11) is 0. The van der Waals surface area contributed by atoms with Crippen LogP contribution in [0.5, 0.6) is 0 Å². The fraction of sp³-hybridized carbons (Fsp3) is 0.320. The maximum Gasteiger partial charge on any atom is 0.123 e. The number of rotatable bonds is 4. The molecule has 1 aliphatic heterocycles. The summed E-state index contributed by atoms with van der Waals surface area (Å²) in [6.45, 7) is 6.33. The number of piperazine rings is 1. The zero-order chi connectivity index (χ0) is 20.5. The molecule has 3 aromatic rings. The van der Waals surface area contributed by atoms with Gasteiger partial charge >= 0.3 is 0 Å². The molecule has 154 valence electrons. The molecule has 5 rings (SSSR count). The lowest BCUT2D eigenvalue weighted by Crippen LogP contribution is -2.46. The third kappa shape index (κ3) is 3.83. The van der Waals surface area contributed by atoms with Crippen molar-refractivity contribution in [1.29, 1.82) is 0 Å². The summed E-state index contributed by atoms with van der Waals surface area (Å²) < 4.78 is 15.2. The Balaban J connectivity index is 1.40. The van der Waals surface area contributed by atoms with Crippen LogP contribution in [0.4, 0.5) is 4.39 Å². The van der Waals surface area contributed by atoms with Gasteiger partial charge in [0, 0.05) is 37.6 Å². The molecule has 1 N–H and O–H groups in total. The zero-order valence-corrected chi connectivity index (χ0v) is 17.3. The highest BCUT2D eigenvalue weighted by molar-refractivity contribution is 5.82. The van der Waals surface area contributed by atoms with Gasteiger partial charge in [-0.15, -0.1) is 0 Å². The molecule has 2 heterocycles. The number of fused-ring (bicyclic) bond motifs is 1. The highest BCUT2D eigenvalue weighted by Gasteiger charge is 2.23. The van der Waals surface area contributed by atoms with E-state index in [1.54, 1.807) is 12.1 Å². The van der Waals surface area contributed by atoms with Gasteiger partial charge in [0.15, 0.2) is 0 Å². The maximum atomic E-state index is 13.3. The Morgan fingerprint density at radius 1 is 1.20 bits per heavy atom. The Bertz CT molecular complexity index is 1110. The van der Waals surface area contributed by atoms with Crippen molar-refractivity contribution >= 4 is 10.9 Å². The van der Waals surface area contributed by atoms with Gasteiger partial charge in [-0.3, -0.25) is 4.90 Å². The van der Waals surface area contributed by atoms with E-state index in [0.717, 1.165) is 49.2 Å². The summed E-state index contributed by atoms with van der Waals surface area (Å²) in [4.78, 5) is 2.57. The van der Waals surface area contributed by atoms with Gasteiger partial charge in [-0.2, -0.15) is 5.10 Å². The predicted octanol–water partition coefficient (Wildman–Crippen LogP) is 4.70. The van der Waals surface area contributed by atoms with Crippen LogP contribution < -0.4 is 5.32 Å². The number of nitrogens with zero attached hydrogens (tertiary/aromatic N) is 3. The Labute approximate surface area is 176 Å². The summed E-state index contributed by atoms with van der Waals surface area (Å²) in [6, 6.07) is 11.3. The van der Waals surface area contributed by atoms with Gasteiger partial charge in [0.25, 0.3) is 0 Å². The largest absolute Gasteiger partial charge is 0.308 e. The van der Waals surface area contributed by atoms with Crippen LogP contribution in [0.2, 0.25) is 0 Å². The first-order chi connectivity index (χ1) is 14.7. The fourth-order valence-corrected chi connectivity index (χ4v) is 4.59. The van der Waals surface area contributed by atoms with Gasteiger partial charge in [0.1, 0.15) is 5.82 Å². The summed E-state index contributed by atoms with van der Waals surface area (Å²) >= 11 is 0. The Morgan fingerprint density at radius 3 is 2.87 bits per heavy atom. The minimum atomic E-state index is -0.235. The van der Waals surface area contributed by atoms with Crippen molar-refractivity contribution in [3.05, 3.63) is 83.3 Å². The standard InChI is InChI=1S/C25H27FN4/c1-18-13-25-20(15-28-30(25)22-9-7-21(26)8-10-22)14-23(18)24-17-29(12-11-27-24)16-19-5-3-2-4-6-19/h2-3,5,7-10,13-15,24,27H,4,6,11-12,16-17H2,1H3. The second-order valence-corrected chi connectivity index (χ2v) is 8.33. The molecule has 0 saturated carbocycles. The molecule has 4 nitrogen and oxygen atoms in total. The molecule has 5 heteroatoms. The fourth-order valence-electron chi connectivity index (χ4n) is 4.59. The Hall–Kier alpha value is -2.76. The number of aryl methyl sites for hydroxylation is 1. The lowest BCUT2D eigenvalue weighted by atomic mass is 9.97. The number of hydrogen-bond donors (Lipinski definition) is 1. The number of halogens is 1. The van der Waals surface area contributed by atoms with E-state index in [0.29, 0.717) is 6.04 Å². The summed E-state index contributed by atoms with van der Waals surface area (Å²) in [5.74, 6) is -0.235. The van der Waals surface area contributed by atoms with Crippen LogP contribution in [0.1, 0.15) is 30.0 Å². The average molecular weight is 403 g/mol. The molecule has 1 unspecified atom stereocenters. The van der Waals surface area contributed by atoms with E-state index >= 15 is 0 Å². The number of aromatic nitrogens is 2. The molecule has 0 amide bonds. The minimum Gasteiger partial charge on any atom is -0.308 e. The van der Waals surface area contributed by atoms with E-state index in [9.17, 15) is 4.39 Å². The first-order valence-corrected chi connectivity index (χ1v) is 10.7.